The molecule has 0 atom stereocenters. The number of nitrogens with zero attached hydrogens (tertiary/aromatic N) is 3. The molecule has 5 heteroatoms. The molecule has 1 fully saturated rings. The van der Waals surface area contributed by atoms with Gasteiger partial charge in [0.1, 0.15) is 11.6 Å². The minimum Gasteiger partial charge on any atom is -0.497 e. The molecule has 0 bridgehead atoms. The van der Waals surface area contributed by atoms with Gasteiger partial charge in [0.2, 0.25) is 0 Å². The van der Waals surface area contributed by atoms with Crippen molar-refractivity contribution >= 4 is 11.8 Å². The highest BCUT2D eigenvalue weighted by Gasteiger charge is 2.24. The first-order valence-electron chi connectivity index (χ1n) is 10.0. The van der Waals surface area contributed by atoms with Crippen LogP contribution in [0.2, 0.25) is 0 Å². The van der Waals surface area contributed by atoms with Crippen LogP contribution in [0.5, 0.6) is 5.75 Å². The Morgan fingerprint density at radius 2 is 1.68 bits per heavy atom. The second-order valence-electron chi connectivity index (χ2n) is 7.48. The van der Waals surface area contributed by atoms with Crippen molar-refractivity contribution in [1.82, 2.24) is 14.8 Å². The fourth-order valence-corrected chi connectivity index (χ4v) is 4.72. The second-order valence-corrected chi connectivity index (χ2v) is 8.43. The number of benzene rings is 2. The van der Waals surface area contributed by atoms with Crippen molar-refractivity contribution in [2.45, 2.75) is 55.9 Å². The van der Waals surface area contributed by atoms with Gasteiger partial charge >= 0.3 is 0 Å². The molecule has 1 aliphatic carbocycles. The predicted molar refractivity (Wildman–Crippen MR) is 114 cm³/mol. The lowest BCUT2D eigenvalue weighted by molar-refractivity contribution is 0.414. The van der Waals surface area contributed by atoms with Gasteiger partial charge in [-0.2, -0.15) is 0 Å². The van der Waals surface area contributed by atoms with E-state index in [0.717, 1.165) is 28.2 Å². The van der Waals surface area contributed by atoms with Gasteiger partial charge in [0.05, 0.1) is 7.11 Å². The molecule has 1 heterocycles. The minimum absolute atomic E-state index is 0.497. The summed E-state index contributed by atoms with van der Waals surface area (Å²) >= 11 is 1.75. The van der Waals surface area contributed by atoms with Gasteiger partial charge in [-0.05, 0) is 49.6 Å². The van der Waals surface area contributed by atoms with Crippen LogP contribution < -0.4 is 4.74 Å². The predicted octanol–water partition coefficient (Wildman–Crippen LogP) is 5.92. The smallest absolute Gasteiger partial charge is 0.196 e. The third-order valence-corrected chi connectivity index (χ3v) is 6.45. The zero-order valence-electron chi connectivity index (χ0n) is 16.6. The van der Waals surface area contributed by atoms with Gasteiger partial charge < -0.3 is 4.74 Å². The van der Waals surface area contributed by atoms with Crippen LogP contribution in [-0.4, -0.2) is 21.9 Å². The van der Waals surface area contributed by atoms with E-state index in [4.69, 9.17) is 4.74 Å². The van der Waals surface area contributed by atoms with Crippen molar-refractivity contribution < 1.29 is 4.74 Å². The Morgan fingerprint density at radius 3 is 2.36 bits per heavy atom. The molecule has 1 aliphatic rings. The number of methoxy groups -OCH3 is 1. The van der Waals surface area contributed by atoms with E-state index in [-0.39, 0.29) is 0 Å². The average molecular weight is 394 g/mol. The Labute approximate surface area is 171 Å². The maximum absolute atomic E-state index is 5.33. The summed E-state index contributed by atoms with van der Waals surface area (Å²) < 4.78 is 7.59. The molecule has 146 valence electrons. The molecular formula is C23H27N3OS. The zero-order valence-corrected chi connectivity index (χ0v) is 17.4. The van der Waals surface area contributed by atoms with E-state index in [2.05, 4.69) is 58.1 Å². The Kier molecular flexibility index (Phi) is 6.01. The molecule has 1 aromatic heterocycles. The van der Waals surface area contributed by atoms with Crippen LogP contribution in [-0.2, 0) is 5.75 Å². The van der Waals surface area contributed by atoms with Crippen LogP contribution in [0.4, 0.5) is 0 Å². The molecule has 28 heavy (non-hydrogen) atoms. The lowest BCUT2D eigenvalue weighted by Gasteiger charge is -2.22. The summed E-state index contributed by atoms with van der Waals surface area (Å²) in [4.78, 5) is 0. The van der Waals surface area contributed by atoms with Crippen molar-refractivity contribution in [1.29, 1.82) is 0 Å². The highest BCUT2D eigenvalue weighted by Crippen LogP contribution is 2.35. The van der Waals surface area contributed by atoms with Gasteiger partial charge in [0.25, 0.3) is 0 Å². The van der Waals surface area contributed by atoms with Crippen LogP contribution in [0.25, 0.3) is 5.69 Å². The molecular weight excluding hydrogens is 366 g/mol. The first-order chi connectivity index (χ1) is 13.7. The largest absolute Gasteiger partial charge is 0.497 e. The third kappa shape index (κ3) is 4.25. The highest BCUT2D eigenvalue weighted by atomic mass is 32.2. The van der Waals surface area contributed by atoms with E-state index in [1.54, 1.807) is 18.9 Å². The van der Waals surface area contributed by atoms with Crippen LogP contribution in [0.15, 0.2) is 53.7 Å². The van der Waals surface area contributed by atoms with Crippen LogP contribution >= 0.6 is 11.8 Å². The molecule has 1 saturated carbocycles. The van der Waals surface area contributed by atoms with Crippen molar-refractivity contribution in [3.05, 3.63) is 65.5 Å². The van der Waals surface area contributed by atoms with Gasteiger partial charge in [0, 0.05) is 17.4 Å². The lowest BCUT2D eigenvalue weighted by atomic mass is 9.88. The van der Waals surface area contributed by atoms with Gasteiger partial charge in [0.15, 0.2) is 5.16 Å². The number of aromatic nitrogens is 3. The summed E-state index contributed by atoms with van der Waals surface area (Å²) in [5.41, 5.74) is 3.70. The molecule has 2 aromatic carbocycles. The summed E-state index contributed by atoms with van der Waals surface area (Å²) in [5.74, 6) is 3.36. The van der Waals surface area contributed by atoms with E-state index < -0.39 is 0 Å². The molecule has 3 aromatic rings. The van der Waals surface area contributed by atoms with Crippen LogP contribution in [0.1, 0.15) is 55.0 Å². The van der Waals surface area contributed by atoms with Crippen molar-refractivity contribution in [3.63, 3.8) is 0 Å². The number of hydrogen-bond donors (Lipinski definition) is 0. The first kappa shape index (κ1) is 19.1. The Morgan fingerprint density at radius 1 is 0.964 bits per heavy atom. The number of aryl methyl sites for hydroxylation is 1. The normalized spacial score (nSPS) is 14.9. The second kappa shape index (κ2) is 8.82. The maximum atomic E-state index is 5.33. The maximum Gasteiger partial charge on any atom is 0.196 e. The summed E-state index contributed by atoms with van der Waals surface area (Å²) in [5, 5.41) is 10.2. The van der Waals surface area contributed by atoms with Gasteiger partial charge in [-0.15, -0.1) is 10.2 Å². The SMILES string of the molecule is COc1ccc(-n2c(SCc3ccc(C)cc3)nnc2C2CCCCC2)cc1. The molecule has 0 radical (unpaired) electrons. The summed E-state index contributed by atoms with van der Waals surface area (Å²) in [7, 11) is 1.70. The molecule has 4 nitrogen and oxygen atoms in total. The standard InChI is InChI=1S/C23H27N3OS/c1-17-8-10-18(11-9-17)16-28-23-25-24-22(19-6-4-3-5-7-19)26(23)20-12-14-21(27-2)15-13-20/h8-15,19H,3-7,16H2,1-2H3. The quantitative estimate of drug-likeness (QED) is 0.487. The molecule has 4 rings (SSSR count). The minimum atomic E-state index is 0.497. The number of ether oxygens (including phenoxy) is 1. The summed E-state index contributed by atoms with van der Waals surface area (Å²) in [6, 6.07) is 16.9. The van der Waals surface area contributed by atoms with Crippen molar-refractivity contribution in [3.8, 4) is 11.4 Å². The molecule has 0 N–H and O–H groups in total. The topological polar surface area (TPSA) is 39.9 Å². The summed E-state index contributed by atoms with van der Waals surface area (Å²) in [6.07, 6.45) is 6.31. The van der Waals surface area contributed by atoms with E-state index in [0.29, 0.717) is 5.92 Å². The number of thioether (sulfide) groups is 1. The Balaban J connectivity index is 1.64. The van der Waals surface area contributed by atoms with Crippen molar-refractivity contribution in [2.75, 3.05) is 7.11 Å². The first-order valence-corrected chi connectivity index (χ1v) is 11.0. The monoisotopic (exact) mass is 393 g/mol. The lowest BCUT2D eigenvalue weighted by Crippen LogP contribution is -2.12. The van der Waals surface area contributed by atoms with E-state index >= 15 is 0 Å². The number of hydrogen-bond acceptors (Lipinski definition) is 4. The Hall–Kier alpha value is -2.27. The molecule has 0 spiro atoms. The Bertz CT molecular complexity index is 897. The zero-order chi connectivity index (χ0) is 19.3. The van der Waals surface area contributed by atoms with Gasteiger partial charge in [-0.1, -0.05) is 60.9 Å². The van der Waals surface area contributed by atoms with Crippen molar-refractivity contribution in [2.24, 2.45) is 0 Å². The third-order valence-electron chi connectivity index (χ3n) is 5.45. The van der Waals surface area contributed by atoms with Crippen LogP contribution in [0, 0.1) is 6.92 Å². The fraction of sp³-hybridized carbons (Fsp3) is 0.391. The molecule has 0 aliphatic heterocycles. The van der Waals surface area contributed by atoms with E-state index in [9.17, 15) is 0 Å². The van der Waals surface area contributed by atoms with Gasteiger partial charge in [-0.25, -0.2) is 0 Å². The van der Waals surface area contributed by atoms with Gasteiger partial charge in [-0.3, -0.25) is 4.57 Å². The molecule has 0 amide bonds. The van der Waals surface area contributed by atoms with E-state index in [1.165, 1.54) is 43.2 Å². The molecule has 0 unspecified atom stereocenters. The fourth-order valence-electron chi connectivity index (χ4n) is 3.81. The average Bonchev–Trinajstić information content (AvgIpc) is 3.18. The summed E-state index contributed by atoms with van der Waals surface area (Å²) in [6.45, 7) is 2.12. The highest BCUT2D eigenvalue weighted by molar-refractivity contribution is 7.98. The number of rotatable bonds is 6. The van der Waals surface area contributed by atoms with Crippen LogP contribution in [0.3, 0.4) is 0 Å². The van der Waals surface area contributed by atoms with E-state index in [1.807, 2.05) is 12.1 Å². The molecule has 0 saturated heterocycles.